The van der Waals surface area contributed by atoms with Crippen LogP contribution in [0.15, 0.2) is 30.3 Å². The summed E-state index contributed by atoms with van der Waals surface area (Å²) in [5.41, 5.74) is 1.39. The lowest BCUT2D eigenvalue weighted by molar-refractivity contribution is 0.0200. The maximum Gasteiger partial charge on any atom is 0.0598 e. The smallest absolute Gasteiger partial charge is 0.0598 e. The Morgan fingerprint density at radius 1 is 1.24 bits per heavy atom. The zero-order valence-electron chi connectivity index (χ0n) is 10.6. The van der Waals surface area contributed by atoms with Gasteiger partial charge in [0, 0.05) is 24.0 Å². The second-order valence-corrected chi connectivity index (χ2v) is 5.63. The SMILES string of the molecule is C[C@@H](c1ccccc1)N1[C@@H]2C[C@@H]([C@@H](O)C2)[C@@H]1C. The summed E-state index contributed by atoms with van der Waals surface area (Å²) in [7, 11) is 0. The number of nitrogens with zero attached hydrogens (tertiary/aromatic N) is 1. The van der Waals surface area contributed by atoms with Crippen molar-refractivity contribution in [2.45, 2.75) is 50.9 Å². The number of hydrogen-bond donors (Lipinski definition) is 1. The summed E-state index contributed by atoms with van der Waals surface area (Å²) in [6, 6.07) is 12.3. The molecule has 1 saturated heterocycles. The molecule has 1 N–H and O–H groups in total. The number of likely N-dealkylation sites (tertiary alicyclic amines) is 1. The van der Waals surface area contributed by atoms with Gasteiger partial charge in [-0.3, -0.25) is 4.90 Å². The van der Waals surface area contributed by atoms with Gasteiger partial charge in [-0.2, -0.15) is 0 Å². The maximum absolute atomic E-state index is 9.93. The van der Waals surface area contributed by atoms with E-state index in [0.29, 0.717) is 24.0 Å². The summed E-state index contributed by atoms with van der Waals surface area (Å²) < 4.78 is 0. The van der Waals surface area contributed by atoms with Crippen LogP contribution in [-0.2, 0) is 0 Å². The number of aliphatic hydroxyl groups is 1. The van der Waals surface area contributed by atoms with E-state index < -0.39 is 0 Å². The van der Waals surface area contributed by atoms with Crippen molar-refractivity contribution in [3.63, 3.8) is 0 Å². The molecule has 1 aliphatic carbocycles. The molecule has 1 saturated carbocycles. The third-order valence-corrected chi connectivity index (χ3v) is 4.79. The van der Waals surface area contributed by atoms with Crippen molar-refractivity contribution in [1.82, 2.24) is 4.90 Å². The lowest BCUT2D eigenvalue weighted by atomic mass is 9.95. The van der Waals surface area contributed by atoms with E-state index in [1.807, 2.05) is 0 Å². The summed E-state index contributed by atoms with van der Waals surface area (Å²) in [5.74, 6) is 0.492. The molecule has 2 fully saturated rings. The number of benzene rings is 1. The second kappa shape index (κ2) is 4.11. The Morgan fingerprint density at radius 3 is 2.53 bits per heavy atom. The number of aliphatic hydroxyl groups excluding tert-OH is 1. The van der Waals surface area contributed by atoms with E-state index in [4.69, 9.17) is 0 Å². The molecule has 2 heteroatoms. The van der Waals surface area contributed by atoms with E-state index in [9.17, 15) is 5.11 Å². The standard InChI is InChI=1S/C15H21NO/c1-10(12-6-4-3-5-7-12)16-11(2)14-8-13(16)9-15(14)17/h3-7,10-11,13-15,17H,8-9H2,1-2H3/t10-,11-,13+,14+,15-/m0/s1. The predicted octanol–water partition coefficient (Wildman–Crippen LogP) is 2.59. The fourth-order valence-electron chi connectivity index (χ4n) is 3.91. The largest absolute Gasteiger partial charge is 0.393 e. The van der Waals surface area contributed by atoms with Crippen molar-refractivity contribution in [2.75, 3.05) is 0 Å². The van der Waals surface area contributed by atoms with Gasteiger partial charge in [-0.15, -0.1) is 0 Å². The second-order valence-electron chi connectivity index (χ2n) is 5.63. The Balaban J connectivity index is 1.82. The van der Waals surface area contributed by atoms with Gasteiger partial charge in [-0.25, -0.2) is 0 Å². The molecule has 0 amide bonds. The first-order valence-corrected chi connectivity index (χ1v) is 6.69. The molecular weight excluding hydrogens is 210 g/mol. The predicted molar refractivity (Wildman–Crippen MR) is 68.7 cm³/mol. The zero-order chi connectivity index (χ0) is 12.0. The fraction of sp³-hybridized carbons (Fsp3) is 0.600. The Morgan fingerprint density at radius 2 is 1.94 bits per heavy atom. The number of hydrogen-bond acceptors (Lipinski definition) is 2. The minimum atomic E-state index is -0.0609. The quantitative estimate of drug-likeness (QED) is 0.845. The van der Waals surface area contributed by atoms with Crippen LogP contribution < -0.4 is 0 Å². The normalized spacial score (nSPS) is 38.5. The van der Waals surface area contributed by atoms with Gasteiger partial charge in [0.15, 0.2) is 0 Å². The number of fused-ring (bicyclic) bond motifs is 2. The van der Waals surface area contributed by atoms with Crippen molar-refractivity contribution < 1.29 is 5.11 Å². The van der Waals surface area contributed by atoms with E-state index in [0.717, 1.165) is 6.42 Å². The highest BCUT2D eigenvalue weighted by Gasteiger charge is 2.50. The van der Waals surface area contributed by atoms with Gasteiger partial charge < -0.3 is 5.11 Å². The molecule has 3 rings (SSSR count). The first kappa shape index (κ1) is 11.2. The highest BCUT2D eigenvalue weighted by Crippen LogP contribution is 2.46. The van der Waals surface area contributed by atoms with Crippen molar-refractivity contribution in [1.29, 1.82) is 0 Å². The average Bonchev–Trinajstić information content (AvgIpc) is 2.85. The number of piperidine rings is 1. The molecule has 92 valence electrons. The molecule has 0 aromatic heterocycles. The van der Waals surface area contributed by atoms with Crippen LogP contribution in [-0.4, -0.2) is 28.2 Å². The highest BCUT2D eigenvalue weighted by molar-refractivity contribution is 5.20. The summed E-state index contributed by atoms with van der Waals surface area (Å²) in [5, 5.41) is 9.93. The average molecular weight is 231 g/mol. The van der Waals surface area contributed by atoms with E-state index in [1.165, 1.54) is 12.0 Å². The van der Waals surface area contributed by atoms with E-state index in [2.05, 4.69) is 49.1 Å². The van der Waals surface area contributed by atoms with Crippen LogP contribution in [0, 0.1) is 5.92 Å². The molecule has 5 atom stereocenters. The Labute approximate surface area is 103 Å². The molecule has 1 aliphatic heterocycles. The summed E-state index contributed by atoms with van der Waals surface area (Å²) in [6.07, 6.45) is 2.08. The maximum atomic E-state index is 9.93. The van der Waals surface area contributed by atoms with Gasteiger partial charge in [0.1, 0.15) is 0 Å². The molecule has 17 heavy (non-hydrogen) atoms. The molecular formula is C15H21NO. The van der Waals surface area contributed by atoms with Crippen LogP contribution in [0.4, 0.5) is 0 Å². The molecule has 0 radical (unpaired) electrons. The Hall–Kier alpha value is -0.860. The monoisotopic (exact) mass is 231 g/mol. The summed E-state index contributed by atoms with van der Waals surface area (Å²) >= 11 is 0. The van der Waals surface area contributed by atoms with Gasteiger partial charge in [-0.05, 0) is 32.3 Å². The van der Waals surface area contributed by atoms with Crippen LogP contribution >= 0.6 is 0 Å². The number of rotatable bonds is 2. The van der Waals surface area contributed by atoms with Crippen molar-refractivity contribution >= 4 is 0 Å². The van der Waals surface area contributed by atoms with Gasteiger partial charge in [0.25, 0.3) is 0 Å². The lowest BCUT2D eigenvalue weighted by Gasteiger charge is -2.39. The molecule has 0 spiro atoms. The van der Waals surface area contributed by atoms with Gasteiger partial charge in [0.2, 0.25) is 0 Å². The van der Waals surface area contributed by atoms with Crippen LogP contribution in [0.1, 0.15) is 38.3 Å². The Bertz CT molecular complexity index is 389. The van der Waals surface area contributed by atoms with Crippen LogP contribution in [0.25, 0.3) is 0 Å². The van der Waals surface area contributed by atoms with Crippen molar-refractivity contribution in [3.8, 4) is 0 Å². The topological polar surface area (TPSA) is 23.5 Å². The molecule has 2 nitrogen and oxygen atoms in total. The van der Waals surface area contributed by atoms with Gasteiger partial charge >= 0.3 is 0 Å². The zero-order valence-corrected chi connectivity index (χ0v) is 10.6. The first-order chi connectivity index (χ1) is 8.18. The summed E-state index contributed by atoms with van der Waals surface area (Å²) in [6.45, 7) is 4.56. The van der Waals surface area contributed by atoms with Gasteiger partial charge in [0.05, 0.1) is 6.10 Å². The van der Waals surface area contributed by atoms with Crippen molar-refractivity contribution in [2.24, 2.45) is 5.92 Å². The molecule has 2 aliphatic rings. The Kier molecular flexibility index (Phi) is 2.72. The molecule has 1 heterocycles. The van der Waals surface area contributed by atoms with E-state index >= 15 is 0 Å². The molecule has 0 unspecified atom stereocenters. The van der Waals surface area contributed by atoms with Crippen LogP contribution in [0.2, 0.25) is 0 Å². The molecule has 1 aromatic rings. The molecule has 1 aromatic carbocycles. The lowest BCUT2D eigenvalue weighted by Crippen LogP contribution is -2.45. The minimum absolute atomic E-state index is 0.0609. The third kappa shape index (κ3) is 1.71. The molecule has 2 bridgehead atoms. The first-order valence-electron chi connectivity index (χ1n) is 6.69. The third-order valence-electron chi connectivity index (χ3n) is 4.79. The minimum Gasteiger partial charge on any atom is -0.393 e. The van der Waals surface area contributed by atoms with Gasteiger partial charge in [-0.1, -0.05) is 30.3 Å². The summed E-state index contributed by atoms with van der Waals surface area (Å²) in [4.78, 5) is 2.60. The van der Waals surface area contributed by atoms with Crippen molar-refractivity contribution in [3.05, 3.63) is 35.9 Å². The van der Waals surface area contributed by atoms with E-state index in [1.54, 1.807) is 0 Å². The van der Waals surface area contributed by atoms with Crippen LogP contribution in [0.3, 0.4) is 0 Å². The fourth-order valence-corrected chi connectivity index (χ4v) is 3.91. The van der Waals surface area contributed by atoms with E-state index in [-0.39, 0.29) is 6.10 Å². The highest BCUT2D eigenvalue weighted by atomic mass is 16.3. The van der Waals surface area contributed by atoms with Crippen LogP contribution in [0.5, 0.6) is 0 Å².